The van der Waals surface area contributed by atoms with Gasteiger partial charge in [-0.3, -0.25) is 9.59 Å². The molecule has 0 heterocycles. The van der Waals surface area contributed by atoms with Crippen molar-refractivity contribution in [3.63, 3.8) is 0 Å². The van der Waals surface area contributed by atoms with Gasteiger partial charge >= 0.3 is 11.9 Å². The standard InChI is InChI=1S/C13H24N2O5/c1-12(2,13(3,4)14)11(20)15-8(10(18)19)6-5-7-9(16)17/h8H,5-7,14H2,1-4H3,(H,15,20)(H,16,17)(H,18,19)/t8-/m1/s1. The van der Waals surface area contributed by atoms with Crippen LogP contribution < -0.4 is 11.1 Å². The molecular weight excluding hydrogens is 264 g/mol. The zero-order valence-electron chi connectivity index (χ0n) is 12.4. The Balaban J connectivity index is 4.72. The highest BCUT2D eigenvalue weighted by molar-refractivity contribution is 5.87. The van der Waals surface area contributed by atoms with E-state index in [9.17, 15) is 14.4 Å². The van der Waals surface area contributed by atoms with Gasteiger partial charge in [0, 0.05) is 12.0 Å². The Morgan fingerprint density at radius 1 is 1.15 bits per heavy atom. The summed E-state index contributed by atoms with van der Waals surface area (Å²) in [5.41, 5.74) is 4.15. The first-order valence-electron chi connectivity index (χ1n) is 6.44. The van der Waals surface area contributed by atoms with Crippen LogP contribution in [0.1, 0.15) is 47.0 Å². The van der Waals surface area contributed by atoms with Crippen molar-refractivity contribution >= 4 is 17.8 Å². The first-order chi connectivity index (χ1) is 8.89. The van der Waals surface area contributed by atoms with E-state index in [4.69, 9.17) is 15.9 Å². The zero-order chi connectivity index (χ0) is 16.1. The number of aliphatic carboxylic acids is 2. The number of nitrogens with two attached hydrogens (primary N) is 1. The Labute approximate surface area is 118 Å². The second-order valence-corrected chi connectivity index (χ2v) is 6.00. The molecule has 0 fully saturated rings. The van der Waals surface area contributed by atoms with Crippen LogP contribution in [0.3, 0.4) is 0 Å². The number of amides is 1. The van der Waals surface area contributed by atoms with E-state index in [2.05, 4.69) is 5.32 Å². The number of hydrogen-bond acceptors (Lipinski definition) is 4. The fraction of sp³-hybridized carbons (Fsp3) is 0.769. The van der Waals surface area contributed by atoms with E-state index in [1.165, 1.54) is 0 Å². The maximum Gasteiger partial charge on any atom is 0.326 e. The highest BCUT2D eigenvalue weighted by atomic mass is 16.4. The van der Waals surface area contributed by atoms with Crippen molar-refractivity contribution in [2.75, 3.05) is 0 Å². The molecule has 0 radical (unpaired) electrons. The average Bonchev–Trinajstić information content (AvgIpc) is 2.24. The predicted octanol–water partition coefficient (Wildman–Crippen LogP) is 0.574. The summed E-state index contributed by atoms with van der Waals surface area (Å²) in [6, 6.07) is -1.11. The smallest absolute Gasteiger partial charge is 0.326 e. The predicted molar refractivity (Wildman–Crippen MR) is 73.1 cm³/mol. The van der Waals surface area contributed by atoms with E-state index < -0.39 is 34.8 Å². The lowest BCUT2D eigenvalue weighted by molar-refractivity contribution is -0.145. The fourth-order valence-electron chi connectivity index (χ4n) is 1.35. The Hall–Kier alpha value is -1.63. The third kappa shape index (κ3) is 5.16. The number of carboxylic acids is 2. The zero-order valence-corrected chi connectivity index (χ0v) is 12.4. The molecule has 1 atom stereocenters. The summed E-state index contributed by atoms with van der Waals surface area (Å²) in [5.74, 6) is -2.65. The molecule has 20 heavy (non-hydrogen) atoms. The molecule has 0 saturated carbocycles. The topological polar surface area (TPSA) is 130 Å². The lowest BCUT2D eigenvalue weighted by Gasteiger charge is -2.37. The Morgan fingerprint density at radius 3 is 2.00 bits per heavy atom. The molecule has 0 bridgehead atoms. The Bertz CT molecular complexity index is 385. The van der Waals surface area contributed by atoms with E-state index >= 15 is 0 Å². The molecule has 0 aromatic rings. The summed E-state index contributed by atoms with van der Waals surface area (Å²) in [4.78, 5) is 33.7. The van der Waals surface area contributed by atoms with Gasteiger partial charge in [-0.15, -0.1) is 0 Å². The number of rotatable bonds is 8. The summed E-state index contributed by atoms with van der Waals surface area (Å²) in [6.45, 7) is 6.65. The molecule has 0 aromatic heterocycles. The van der Waals surface area contributed by atoms with Crippen LogP contribution in [0.25, 0.3) is 0 Å². The van der Waals surface area contributed by atoms with Gasteiger partial charge in [0.05, 0.1) is 5.41 Å². The van der Waals surface area contributed by atoms with Crippen molar-refractivity contribution in [2.45, 2.75) is 58.5 Å². The normalized spacial score (nSPS) is 13.7. The van der Waals surface area contributed by atoms with Gasteiger partial charge in [-0.05, 0) is 40.5 Å². The molecule has 116 valence electrons. The Morgan fingerprint density at radius 2 is 1.65 bits per heavy atom. The van der Waals surface area contributed by atoms with Gasteiger partial charge in [0.2, 0.25) is 5.91 Å². The van der Waals surface area contributed by atoms with Crippen molar-refractivity contribution in [3.8, 4) is 0 Å². The maximum atomic E-state index is 12.2. The summed E-state index contributed by atoms with van der Waals surface area (Å²) < 4.78 is 0. The quantitative estimate of drug-likeness (QED) is 0.516. The second-order valence-electron chi connectivity index (χ2n) is 6.00. The van der Waals surface area contributed by atoms with Crippen LogP contribution in [0.2, 0.25) is 0 Å². The molecule has 7 nitrogen and oxygen atoms in total. The number of carbonyl (C=O) groups excluding carboxylic acids is 1. The number of hydrogen-bond donors (Lipinski definition) is 4. The molecule has 1 amide bonds. The largest absolute Gasteiger partial charge is 0.481 e. The minimum absolute atomic E-state index is 0.0639. The fourth-order valence-corrected chi connectivity index (χ4v) is 1.35. The van der Waals surface area contributed by atoms with Crippen LogP contribution in [0.5, 0.6) is 0 Å². The molecule has 0 unspecified atom stereocenters. The summed E-state index contributed by atoms with van der Waals surface area (Å²) in [7, 11) is 0. The van der Waals surface area contributed by atoms with E-state index in [1.54, 1.807) is 27.7 Å². The molecule has 0 saturated heterocycles. The van der Waals surface area contributed by atoms with Crippen molar-refractivity contribution in [2.24, 2.45) is 11.1 Å². The highest BCUT2D eigenvalue weighted by Gasteiger charge is 2.41. The van der Waals surface area contributed by atoms with Gasteiger partial charge < -0.3 is 21.3 Å². The van der Waals surface area contributed by atoms with E-state index in [0.29, 0.717) is 0 Å². The van der Waals surface area contributed by atoms with Gasteiger partial charge in [-0.1, -0.05) is 0 Å². The molecule has 0 aliphatic rings. The second kappa shape index (κ2) is 6.69. The molecule has 5 N–H and O–H groups in total. The monoisotopic (exact) mass is 288 g/mol. The third-order valence-electron chi connectivity index (χ3n) is 3.67. The van der Waals surface area contributed by atoms with Crippen molar-refractivity contribution in [1.29, 1.82) is 0 Å². The minimum Gasteiger partial charge on any atom is -0.481 e. The minimum atomic E-state index is -1.19. The lowest BCUT2D eigenvalue weighted by atomic mass is 9.74. The van der Waals surface area contributed by atoms with Gasteiger partial charge in [0.1, 0.15) is 6.04 Å². The van der Waals surface area contributed by atoms with Gasteiger partial charge in [0.15, 0.2) is 0 Å². The van der Waals surface area contributed by atoms with Crippen molar-refractivity contribution in [3.05, 3.63) is 0 Å². The molecule has 0 rings (SSSR count). The summed E-state index contributed by atoms with van der Waals surface area (Å²) in [6.07, 6.45) is 0.110. The molecule has 7 heteroatoms. The van der Waals surface area contributed by atoms with E-state index in [0.717, 1.165) is 0 Å². The lowest BCUT2D eigenvalue weighted by Crippen LogP contribution is -2.58. The van der Waals surface area contributed by atoms with Crippen LogP contribution in [0.4, 0.5) is 0 Å². The maximum absolute atomic E-state index is 12.2. The van der Waals surface area contributed by atoms with Crippen LogP contribution in [0.15, 0.2) is 0 Å². The summed E-state index contributed by atoms with van der Waals surface area (Å²) >= 11 is 0. The number of nitrogens with one attached hydrogen (secondary N) is 1. The third-order valence-corrected chi connectivity index (χ3v) is 3.67. The highest BCUT2D eigenvalue weighted by Crippen LogP contribution is 2.28. The molecular formula is C13H24N2O5. The van der Waals surface area contributed by atoms with Crippen LogP contribution in [-0.4, -0.2) is 39.6 Å². The number of carbonyl (C=O) groups is 3. The van der Waals surface area contributed by atoms with Gasteiger partial charge in [-0.2, -0.15) is 0 Å². The van der Waals surface area contributed by atoms with Crippen LogP contribution >= 0.6 is 0 Å². The average molecular weight is 288 g/mol. The molecule has 0 aromatic carbocycles. The first kappa shape index (κ1) is 18.4. The number of carboxylic acid groups (broad SMARTS) is 2. The molecule has 0 aliphatic heterocycles. The molecule has 0 aliphatic carbocycles. The van der Waals surface area contributed by atoms with E-state index in [1.807, 2.05) is 0 Å². The first-order valence-corrected chi connectivity index (χ1v) is 6.44. The van der Waals surface area contributed by atoms with Gasteiger partial charge in [0.25, 0.3) is 0 Å². The van der Waals surface area contributed by atoms with Crippen LogP contribution in [0, 0.1) is 5.41 Å². The van der Waals surface area contributed by atoms with Gasteiger partial charge in [-0.25, -0.2) is 4.79 Å². The SMILES string of the molecule is CC(C)(N)C(C)(C)C(=O)N[C@H](CCCC(=O)O)C(=O)O. The van der Waals surface area contributed by atoms with Crippen molar-refractivity contribution < 1.29 is 24.6 Å². The van der Waals surface area contributed by atoms with E-state index in [-0.39, 0.29) is 19.3 Å². The molecule has 0 spiro atoms. The van der Waals surface area contributed by atoms with Crippen LogP contribution in [-0.2, 0) is 14.4 Å². The van der Waals surface area contributed by atoms with Crippen molar-refractivity contribution in [1.82, 2.24) is 5.32 Å². The Kier molecular flexibility index (Phi) is 6.15. The summed E-state index contributed by atoms with van der Waals surface area (Å²) in [5, 5.41) is 20.0.